The lowest BCUT2D eigenvalue weighted by Gasteiger charge is -2.27. The van der Waals surface area contributed by atoms with Gasteiger partial charge in [-0.25, -0.2) is 0 Å². The summed E-state index contributed by atoms with van der Waals surface area (Å²) in [5, 5.41) is 0. The second-order valence-electron chi connectivity index (χ2n) is 2.41. The van der Waals surface area contributed by atoms with Crippen molar-refractivity contribution in [1.82, 2.24) is 0 Å². The number of hydrogen-bond acceptors (Lipinski definition) is 1. The summed E-state index contributed by atoms with van der Waals surface area (Å²) in [4.78, 5) is 0. The number of halogens is 1. The fraction of sp³-hybridized carbons (Fsp3) is 1.00. The highest BCUT2D eigenvalue weighted by Gasteiger charge is 2.22. The van der Waals surface area contributed by atoms with Gasteiger partial charge < -0.3 is 4.74 Å². The van der Waals surface area contributed by atoms with Crippen molar-refractivity contribution in [3.05, 3.63) is 0 Å². The predicted molar refractivity (Wildman–Crippen MR) is 37.1 cm³/mol. The third-order valence-electron chi connectivity index (χ3n) is 1.42. The summed E-state index contributed by atoms with van der Waals surface area (Å²) in [6, 6.07) is 0. The van der Waals surface area contributed by atoms with Crippen molar-refractivity contribution in [2.24, 2.45) is 0 Å². The van der Waals surface area contributed by atoms with Crippen molar-refractivity contribution < 1.29 is 4.74 Å². The molecule has 1 saturated heterocycles. The topological polar surface area (TPSA) is 9.23 Å². The van der Waals surface area contributed by atoms with Gasteiger partial charge in [-0.2, -0.15) is 0 Å². The average molecular weight is 179 g/mol. The van der Waals surface area contributed by atoms with E-state index < -0.39 is 0 Å². The molecule has 0 aromatic heterocycles. The third-order valence-corrected chi connectivity index (χ3v) is 2.05. The third kappa shape index (κ3) is 1.75. The van der Waals surface area contributed by atoms with Crippen LogP contribution in [-0.2, 0) is 4.74 Å². The minimum absolute atomic E-state index is 0.00868. The number of alkyl halides is 1. The molecule has 1 nitrogen and oxygen atoms in total. The predicted octanol–water partition coefficient (Wildman–Crippen LogP) is 2.30. The molecule has 1 aliphatic rings. The first kappa shape index (κ1) is 6.56. The first-order valence-electron chi connectivity index (χ1n) is 3.04. The van der Waals surface area contributed by atoms with Crippen molar-refractivity contribution >= 4 is 15.9 Å². The molecule has 1 unspecified atom stereocenters. The highest BCUT2D eigenvalue weighted by atomic mass is 79.9. The molecule has 2 heteroatoms. The monoisotopic (exact) mass is 178 g/mol. The van der Waals surface area contributed by atoms with Crippen LogP contribution < -0.4 is 0 Å². The van der Waals surface area contributed by atoms with Gasteiger partial charge in [0.05, 0.1) is 0 Å². The largest absolute Gasteiger partial charge is 0.364 e. The van der Waals surface area contributed by atoms with E-state index in [9.17, 15) is 0 Å². The van der Waals surface area contributed by atoms with Gasteiger partial charge in [0.15, 0.2) is 0 Å². The van der Waals surface area contributed by atoms with Gasteiger partial charge in [-0.15, -0.1) is 0 Å². The van der Waals surface area contributed by atoms with Crippen LogP contribution in [0, 0.1) is 0 Å². The molecule has 48 valence electrons. The minimum atomic E-state index is -0.00868. The molecule has 0 amide bonds. The van der Waals surface area contributed by atoms with Crippen molar-refractivity contribution in [2.75, 3.05) is 6.61 Å². The van der Waals surface area contributed by atoms with Crippen LogP contribution >= 0.6 is 15.9 Å². The Labute approximate surface area is 58.5 Å². The van der Waals surface area contributed by atoms with Gasteiger partial charge in [-0.05, 0) is 26.2 Å². The van der Waals surface area contributed by atoms with Crippen molar-refractivity contribution in [1.29, 1.82) is 0 Å². The summed E-state index contributed by atoms with van der Waals surface area (Å²) in [5.41, 5.74) is 0. The minimum Gasteiger partial charge on any atom is -0.364 e. The molecule has 0 bridgehead atoms. The maximum atomic E-state index is 5.38. The Balaban J connectivity index is 2.33. The molecule has 0 aliphatic carbocycles. The van der Waals surface area contributed by atoms with E-state index in [0.717, 1.165) is 13.0 Å². The Kier molecular flexibility index (Phi) is 1.93. The normalized spacial score (nSPS) is 39.8. The Morgan fingerprint density at radius 3 is 2.50 bits per heavy atom. The lowest BCUT2D eigenvalue weighted by atomic mass is 10.1. The average Bonchev–Trinajstić information content (AvgIpc) is 1.65. The highest BCUT2D eigenvalue weighted by molar-refractivity contribution is 9.10. The van der Waals surface area contributed by atoms with Crippen LogP contribution in [0.15, 0.2) is 0 Å². The van der Waals surface area contributed by atoms with E-state index in [1.807, 2.05) is 0 Å². The van der Waals surface area contributed by atoms with Gasteiger partial charge in [0.2, 0.25) is 0 Å². The lowest BCUT2D eigenvalue weighted by molar-refractivity contribution is 0.00770. The zero-order valence-corrected chi connectivity index (χ0v) is 6.70. The van der Waals surface area contributed by atoms with E-state index in [4.69, 9.17) is 4.74 Å². The second kappa shape index (κ2) is 2.36. The summed E-state index contributed by atoms with van der Waals surface area (Å²) < 4.78 is 5.37. The molecule has 1 heterocycles. The van der Waals surface area contributed by atoms with Crippen LogP contribution in [0.1, 0.15) is 26.2 Å². The van der Waals surface area contributed by atoms with Gasteiger partial charge in [-0.1, -0.05) is 15.9 Å². The fourth-order valence-electron chi connectivity index (χ4n) is 0.900. The number of hydrogen-bond donors (Lipinski definition) is 0. The van der Waals surface area contributed by atoms with Crippen molar-refractivity contribution in [3.63, 3.8) is 0 Å². The second-order valence-corrected chi connectivity index (χ2v) is 4.08. The standard InChI is InChI=1S/C6H11BrO/c1-6(7)4-2-3-5-8-6/h2-5H2,1H3. The molecule has 0 spiro atoms. The highest BCUT2D eigenvalue weighted by Crippen LogP contribution is 2.29. The summed E-state index contributed by atoms with van der Waals surface area (Å²) in [6.07, 6.45) is 3.66. The first-order chi connectivity index (χ1) is 3.71. The first-order valence-corrected chi connectivity index (χ1v) is 3.83. The molecule has 0 aromatic rings. The Morgan fingerprint density at radius 2 is 2.25 bits per heavy atom. The maximum Gasteiger partial charge on any atom is 0.120 e. The number of rotatable bonds is 0. The van der Waals surface area contributed by atoms with Gasteiger partial charge in [-0.3, -0.25) is 0 Å². The van der Waals surface area contributed by atoms with Crippen LogP contribution in [0.3, 0.4) is 0 Å². The molecule has 0 aromatic carbocycles. The van der Waals surface area contributed by atoms with E-state index >= 15 is 0 Å². The molecule has 0 N–H and O–H groups in total. The number of ether oxygens (including phenoxy) is 1. The molecule has 1 fully saturated rings. The van der Waals surface area contributed by atoms with E-state index in [1.165, 1.54) is 12.8 Å². The van der Waals surface area contributed by atoms with Gasteiger partial charge in [0, 0.05) is 6.61 Å². The van der Waals surface area contributed by atoms with E-state index in [-0.39, 0.29) is 4.51 Å². The Bertz CT molecular complexity index is 72.6. The molecule has 1 rings (SSSR count). The zero-order valence-electron chi connectivity index (χ0n) is 5.11. The van der Waals surface area contributed by atoms with E-state index in [1.54, 1.807) is 0 Å². The Morgan fingerprint density at radius 1 is 1.50 bits per heavy atom. The molecule has 0 radical (unpaired) electrons. The van der Waals surface area contributed by atoms with Crippen molar-refractivity contribution in [3.8, 4) is 0 Å². The van der Waals surface area contributed by atoms with Crippen LogP contribution in [-0.4, -0.2) is 11.1 Å². The zero-order chi connectivity index (χ0) is 6.04. The Hall–Kier alpha value is 0.440. The molecule has 1 atom stereocenters. The smallest absolute Gasteiger partial charge is 0.120 e. The van der Waals surface area contributed by atoms with Crippen LogP contribution in [0.25, 0.3) is 0 Å². The SMILES string of the molecule is CC1(Br)CCCCO1. The molecular formula is C6H11BrO. The molecule has 1 aliphatic heterocycles. The maximum absolute atomic E-state index is 5.38. The lowest BCUT2D eigenvalue weighted by Crippen LogP contribution is -2.25. The van der Waals surface area contributed by atoms with Gasteiger partial charge in [0.1, 0.15) is 4.51 Å². The summed E-state index contributed by atoms with van der Waals surface area (Å²) in [5.74, 6) is 0. The summed E-state index contributed by atoms with van der Waals surface area (Å²) >= 11 is 3.47. The van der Waals surface area contributed by atoms with Crippen LogP contribution in [0.2, 0.25) is 0 Å². The summed E-state index contributed by atoms with van der Waals surface area (Å²) in [6.45, 7) is 2.99. The van der Waals surface area contributed by atoms with E-state index in [2.05, 4.69) is 22.9 Å². The molecular weight excluding hydrogens is 168 g/mol. The molecule has 8 heavy (non-hydrogen) atoms. The van der Waals surface area contributed by atoms with Gasteiger partial charge >= 0.3 is 0 Å². The summed E-state index contributed by atoms with van der Waals surface area (Å²) in [7, 11) is 0. The van der Waals surface area contributed by atoms with Crippen LogP contribution in [0.4, 0.5) is 0 Å². The molecule has 0 saturated carbocycles. The van der Waals surface area contributed by atoms with Gasteiger partial charge in [0.25, 0.3) is 0 Å². The van der Waals surface area contributed by atoms with Crippen LogP contribution in [0.5, 0.6) is 0 Å². The van der Waals surface area contributed by atoms with E-state index in [0.29, 0.717) is 0 Å². The van der Waals surface area contributed by atoms with Crippen molar-refractivity contribution in [2.45, 2.75) is 30.7 Å². The quantitative estimate of drug-likeness (QED) is 0.518. The fourth-order valence-corrected chi connectivity index (χ4v) is 1.34.